The second-order valence-corrected chi connectivity index (χ2v) is 5.12. The summed E-state index contributed by atoms with van der Waals surface area (Å²) in [5.41, 5.74) is 1.63. The molecule has 2 aromatic heterocycles. The maximum absolute atomic E-state index is 11.9. The van der Waals surface area contributed by atoms with Crippen LogP contribution in [0.1, 0.15) is 22.8 Å². The summed E-state index contributed by atoms with van der Waals surface area (Å²) in [4.78, 5) is 21.2. The van der Waals surface area contributed by atoms with Crippen molar-refractivity contribution in [2.24, 2.45) is 0 Å². The van der Waals surface area contributed by atoms with E-state index in [2.05, 4.69) is 14.9 Å². The van der Waals surface area contributed by atoms with Crippen LogP contribution in [0, 0.1) is 6.92 Å². The van der Waals surface area contributed by atoms with E-state index in [4.69, 9.17) is 16.0 Å². The van der Waals surface area contributed by atoms with E-state index >= 15 is 0 Å². The number of aromatic amines is 1. The Kier molecular flexibility index (Phi) is 3.16. The summed E-state index contributed by atoms with van der Waals surface area (Å²) in [6.07, 6.45) is 0.786. The Hall–Kier alpha value is -1.59. The van der Waals surface area contributed by atoms with Gasteiger partial charge in [0.05, 0.1) is 17.8 Å². The molecule has 5 nitrogen and oxygen atoms in total. The van der Waals surface area contributed by atoms with Crippen molar-refractivity contribution >= 4 is 11.6 Å². The Morgan fingerprint density at radius 1 is 1.53 bits per heavy atom. The third kappa shape index (κ3) is 2.57. The maximum Gasteiger partial charge on any atom is 0.255 e. The number of hydrogen-bond acceptors (Lipinski definition) is 4. The van der Waals surface area contributed by atoms with Gasteiger partial charge < -0.3 is 9.40 Å². The highest BCUT2D eigenvalue weighted by Crippen LogP contribution is 2.19. The van der Waals surface area contributed by atoms with Gasteiger partial charge in [0.2, 0.25) is 0 Å². The first-order chi connectivity index (χ1) is 9.11. The van der Waals surface area contributed by atoms with Gasteiger partial charge in [0.1, 0.15) is 11.6 Å². The van der Waals surface area contributed by atoms with Gasteiger partial charge in [-0.25, -0.2) is 4.98 Å². The summed E-state index contributed by atoms with van der Waals surface area (Å²) >= 11 is 5.75. The Labute approximate surface area is 115 Å². The van der Waals surface area contributed by atoms with Crippen LogP contribution < -0.4 is 5.56 Å². The summed E-state index contributed by atoms with van der Waals surface area (Å²) < 4.78 is 5.35. The lowest BCUT2D eigenvalue weighted by Crippen LogP contribution is -2.35. The monoisotopic (exact) mass is 279 g/mol. The van der Waals surface area contributed by atoms with Crippen molar-refractivity contribution in [3.63, 3.8) is 0 Å². The normalized spacial score (nSPS) is 15.5. The van der Waals surface area contributed by atoms with Crippen LogP contribution >= 0.6 is 11.6 Å². The van der Waals surface area contributed by atoms with Crippen LogP contribution in [-0.2, 0) is 19.5 Å². The van der Waals surface area contributed by atoms with Gasteiger partial charge in [-0.05, 0) is 30.7 Å². The Morgan fingerprint density at radius 3 is 3.11 bits per heavy atom. The van der Waals surface area contributed by atoms with Gasteiger partial charge in [-0.3, -0.25) is 9.69 Å². The van der Waals surface area contributed by atoms with E-state index in [1.807, 2.05) is 6.07 Å². The highest BCUT2D eigenvalue weighted by molar-refractivity contribution is 6.28. The van der Waals surface area contributed by atoms with Gasteiger partial charge in [0.25, 0.3) is 5.56 Å². The van der Waals surface area contributed by atoms with E-state index in [1.54, 1.807) is 13.0 Å². The molecule has 0 bridgehead atoms. The molecule has 100 valence electrons. The lowest BCUT2D eigenvalue weighted by molar-refractivity contribution is 0.222. The molecule has 0 saturated heterocycles. The minimum atomic E-state index is -0.0373. The molecule has 6 heteroatoms. The topological polar surface area (TPSA) is 62.1 Å². The second kappa shape index (κ2) is 4.83. The minimum absolute atomic E-state index is 0.0373. The van der Waals surface area contributed by atoms with Crippen molar-refractivity contribution < 1.29 is 4.42 Å². The average molecular weight is 280 g/mol. The van der Waals surface area contributed by atoms with Gasteiger partial charge in [-0.15, -0.1) is 0 Å². The van der Waals surface area contributed by atoms with Gasteiger partial charge in [-0.2, -0.15) is 0 Å². The van der Waals surface area contributed by atoms with Gasteiger partial charge >= 0.3 is 0 Å². The molecular formula is C13H14ClN3O2. The van der Waals surface area contributed by atoms with Crippen LogP contribution in [0.25, 0.3) is 0 Å². The Bertz CT molecular complexity index is 662. The summed E-state index contributed by atoms with van der Waals surface area (Å²) in [5, 5.41) is 0.391. The van der Waals surface area contributed by atoms with Crippen LogP contribution in [0.15, 0.2) is 21.3 Å². The van der Waals surface area contributed by atoms with Crippen molar-refractivity contribution in [3.05, 3.63) is 50.5 Å². The van der Waals surface area contributed by atoms with E-state index < -0.39 is 0 Å². The highest BCUT2D eigenvalue weighted by Gasteiger charge is 2.21. The van der Waals surface area contributed by atoms with Crippen molar-refractivity contribution in [1.82, 2.24) is 14.9 Å². The molecule has 1 aliphatic rings. The summed E-state index contributed by atoms with van der Waals surface area (Å²) in [7, 11) is 0. The zero-order chi connectivity index (χ0) is 13.4. The van der Waals surface area contributed by atoms with Crippen molar-refractivity contribution in [1.29, 1.82) is 0 Å². The molecule has 3 heterocycles. The van der Waals surface area contributed by atoms with E-state index in [9.17, 15) is 4.79 Å². The number of furan rings is 1. The third-order valence-corrected chi connectivity index (χ3v) is 3.48. The smallest absolute Gasteiger partial charge is 0.255 e. The number of H-pyrrole nitrogens is 1. The van der Waals surface area contributed by atoms with Crippen LogP contribution in [0.4, 0.5) is 0 Å². The maximum atomic E-state index is 11.9. The molecule has 0 saturated carbocycles. The molecule has 19 heavy (non-hydrogen) atoms. The number of aromatic nitrogens is 2. The van der Waals surface area contributed by atoms with Gasteiger partial charge in [-0.1, -0.05) is 0 Å². The molecule has 0 radical (unpaired) electrons. The first-order valence-electron chi connectivity index (χ1n) is 6.17. The lowest BCUT2D eigenvalue weighted by Gasteiger charge is -2.26. The fourth-order valence-electron chi connectivity index (χ4n) is 2.40. The summed E-state index contributed by atoms with van der Waals surface area (Å²) in [6.45, 7) is 3.91. The second-order valence-electron chi connectivity index (χ2n) is 4.74. The van der Waals surface area contributed by atoms with Crippen LogP contribution in [0.5, 0.6) is 0 Å². The molecule has 0 atom stereocenters. The largest absolute Gasteiger partial charge is 0.448 e. The first kappa shape index (κ1) is 12.4. The molecular weight excluding hydrogens is 266 g/mol. The fraction of sp³-hybridized carbons (Fsp3) is 0.385. The number of aryl methyl sites for hydroxylation is 1. The van der Waals surface area contributed by atoms with Crippen LogP contribution in [0.3, 0.4) is 0 Å². The van der Waals surface area contributed by atoms with Crippen molar-refractivity contribution in [3.8, 4) is 0 Å². The standard InChI is InChI=1S/C13H14ClN3O2/c1-8-15-11-4-5-17(7-10(11)13(18)16-8)6-9-2-3-12(14)19-9/h2-3H,4-7H2,1H3,(H,15,16,18). The predicted octanol–water partition coefficient (Wildman–Crippen LogP) is 1.88. The number of hydrogen-bond donors (Lipinski definition) is 1. The van der Waals surface area contributed by atoms with Gasteiger partial charge in [0.15, 0.2) is 5.22 Å². The number of fused-ring (bicyclic) bond motifs is 1. The molecule has 0 spiro atoms. The predicted molar refractivity (Wildman–Crippen MR) is 71.1 cm³/mol. The SMILES string of the molecule is Cc1nc2c(c(=O)[nH]1)CN(Cc1ccc(Cl)o1)CC2. The van der Waals surface area contributed by atoms with Crippen molar-refractivity contribution in [2.45, 2.75) is 26.4 Å². The number of nitrogens with zero attached hydrogens (tertiary/aromatic N) is 2. The fourth-order valence-corrected chi connectivity index (χ4v) is 2.56. The van der Waals surface area contributed by atoms with Gasteiger partial charge in [0, 0.05) is 19.5 Å². The molecule has 2 aromatic rings. The number of rotatable bonds is 2. The molecule has 0 fully saturated rings. The molecule has 0 aromatic carbocycles. The third-order valence-electron chi connectivity index (χ3n) is 3.27. The molecule has 0 unspecified atom stereocenters. The first-order valence-corrected chi connectivity index (χ1v) is 6.55. The van der Waals surface area contributed by atoms with E-state index in [0.717, 1.165) is 30.0 Å². The number of nitrogens with one attached hydrogen (secondary N) is 1. The van der Waals surface area contributed by atoms with E-state index in [-0.39, 0.29) is 5.56 Å². The van der Waals surface area contributed by atoms with E-state index in [1.165, 1.54) is 0 Å². The summed E-state index contributed by atoms with van der Waals surface area (Å²) in [6, 6.07) is 3.59. The molecule has 0 amide bonds. The Balaban J connectivity index is 1.80. The molecule has 1 aliphatic heterocycles. The number of halogens is 1. The highest BCUT2D eigenvalue weighted by atomic mass is 35.5. The average Bonchev–Trinajstić information content (AvgIpc) is 2.75. The Morgan fingerprint density at radius 2 is 2.37 bits per heavy atom. The van der Waals surface area contributed by atoms with Crippen LogP contribution in [0.2, 0.25) is 5.22 Å². The lowest BCUT2D eigenvalue weighted by atomic mass is 10.1. The van der Waals surface area contributed by atoms with Crippen molar-refractivity contribution in [2.75, 3.05) is 6.54 Å². The quantitative estimate of drug-likeness (QED) is 0.912. The molecule has 0 aliphatic carbocycles. The van der Waals surface area contributed by atoms with E-state index in [0.29, 0.717) is 24.1 Å². The minimum Gasteiger partial charge on any atom is -0.448 e. The zero-order valence-corrected chi connectivity index (χ0v) is 11.3. The van der Waals surface area contributed by atoms with Crippen LogP contribution in [-0.4, -0.2) is 21.4 Å². The molecule has 1 N–H and O–H groups in total. The zero-order valence-electron chi connectivity index (χ0n) is 10.6. The molecule has 3 rings (SSSR count). The summed E-state index contributed by atoms with van der Waals surface area (Å²) in [5.74, 6) is 1.49.